The Hall–Kier alpha value is -2.68. The highest BCUT2D eigenvalue weighted by Gasteiger charge is 2.24. The first-order valence-corrected chi connectivity index (χ1v) is 6.48. The van der Waals surface area contributed by atoms with E-state index in [1.165, 1.54) is 0 Å². The molecule has 2 aromatic rings. The molecule has 20 heavy (non-hydrogen) atoms. The fourth-order valence-corrected chi connectivity index (χ4v) is 2.34. The summed E-state index contributed by atoms with van der Waals surface area (Å²) in [7, 11) is 0. The zero-order chi connectivity index (χ0) is 13.8. The van der Waals surface area contributed by atoms with Crippen molar-refractivity contribution in [2.24, 2.45) is 0 Å². The van der Waals surface area contributed by atoms with E-state index >= 15 is 0 Å². The van der Waals surface area contributed by atoms with Crippen LogP contribution in [0.1, 0.15) is 5.69 Å². The van der Waals surface area contributed by atoms with E-state index < -0.39 is 0 Å². The van der Waals surface area contributed by atoms with Gasteiger partial charge in [-0.05, 0) is 30.3 Å². The molecule has 0 spiro atoms. The van der Waals surface area contributed by atoms with Crippen LogP contribution in [0.25, 0.3) is 5.57 Å². The molecule has 2 heterocycles. The second kappa shape index (κ2) is 5.53. The molecular formula is C17H14N2O. The lowest BCUT2D eigenvalue weighted by Crippen LogP contribution is -2.35. The number of anilines is 1. The molecule has 1 aliphatic rings. The van der Waals surface area contributed by atoms with Gasteiger partial charge in [-0.1, -0.05) is 30.3 Å². The Morgan fingerprint density at radius 1 is 1.05 bits per heavy atom. The van der Waals surface area contributed by atoms with Crippen molar-refractivity contribution >= 4 is 17.5 Å². The summed E-state index contributed by atoms with van der Waals surface area (Å²) >= 11 is 0. The van der Waals surface area contributed by atoms with Crippen molar-refractivity contribution in [3.63, 3.8) is 0 Å². The molecular weight excluding hydrogens is 248 g/mol. The van der Waals surface area contributed by atoms with Crippen LogP contribution >= 0.6 is 0 Å². The Morgan fingerprint density at radius 2 is 1.85 bits per heavy atom. The van der Waals surface area contributed by atoms with Crippen LogP contribution in [-0.2, 0) is 4.79 Å². The minimum absolute atomic E-state index is 0.350. The summed E-state index contributed by atoms with van der Waals surface area (Å²) in [5.41, 5.74) is 2.73. The number of para-hydroxylation sites is 1. The fraction of sp³-hybridized carbons (Fsp3) is 0.0588. The number of allylic oxidation sites excluding steroid dienone is 2. The normalized spacial score (nSPS) is 17.7. The van der Waals surface area contributed by atoms with Gasteiger partial charge in [0.15, 0.2) is 0 Å². The second-order valence-electron chi connectivity index (χ2n) is 4.50. The number of carbonyl (C=O) groups excluding carboxylic acids is 1. The number of nitrogens with zero attached hydrogens (tertiary/aromatic N) is 2. The van der Waals surface area contributed by atoms with Crippen molar-refractivity contribution in [1.29, 1.82) is 0 Å². The number of hydrogen-bond acceptors (Lipinski definition) is 3. The van der Waals surface area contributed by atoms with Crippen LogP contribution in [0.3, 0.4) is 0 Å². The van der Waals surface area contributed by atoms with Crippen molar-refractivity contribution in [2.75, 3.05) is 4.90 Å². The number of rotatable bonds is 3. The summed E-state index contributed by atoms with van der Waals surface area (Å²) in [6.07, 6.45) is 8.50. The molecule has 0 saturated heterocycles. The first-order chi connectivity index (χ1) is 9.90. The van der Waals surface area contributed by atoms with Crippen LogP contribution in [0.15, 0.2) is 73.1 Å². The predicted molar refractivity (Wildman–Crippen MR) is 80.1 cm³/mol. The standard InChI is InChI=1S/C17H14N2O/c20-13-17-15(16-10-4-5-11-18-16)9-6-12-19(17)14-7-2-1-3-8-14/h1-13,17H. The van der Waals surface area contributed by atoms with Gasteiger partial charge in [0.1, 0.15) is 12.3 Å². The largest absolute Gasteiger partial charge is 0.334 e. The smallest absolute Gasteiger partial charge is 0.147 e. The van der Waals surface area contributed by atoms with Crippen LogP contribution in [0.5, 0.6) is 0 Å². The molecule has 0 aliphatic carbocycles. The second-order valence-corrected chi connectivity index (χ2v) is 4.50. The minimum atomic E-state index is -0.350. The third-order valence-corrected chi connectivity index (χ3v) is 3.28. The van der Waals surface area contributed by atoms with Crippen molar-refractivity contribution in [2.45, 2.75) is 6.04 Å². The summed E-state index contributed by atoms with van der Waals surface area (Å²) < 4.78 is 0. The highest BCUT2D eigenvalue weighted by molar-refractivity contribution is 5.90. The van der Waals surface area contributed by atoms with E-state index in [1.807, 2.05) is 71.8 Å². The first kappa shape index (κ1) is 12.4. The number of aldehydes is 1. The van der Waals surface area contributed by atoms with Gasteiger partial charge in [-0.15, -0.1) is 0 Å². The third kappa shape index (κ3) is 2.26. The third-order valence-electron chi connectivity index (χ3n) is 3.28. The molecule has 1 aromatic carbocycles. The Labute approximate surface area is 117 Å². The Balaban J connectivity index is 2.00. The lowest BCUT2D eigenvalue weighted by atomic mass is 9.99. The molecule has 0 bridgehead atoms. The molecule has 3 heteroatoms. The average Bonchev–Trinajstić information content (AvgIpc) is 2.55. The van der Waals surface area contributed by atoms with Crippen LogP contribution < -0.4 is 4.90 Å². The highest BCUT2D eigenvalue weighted by Crippen LogP contribution is 2.28. The van der Waals surface area contributed by atoms with Crippen LogP contribution in [-0.4, -0.2) is 17.3 Å². The molecule has 3 rings (SSSR count). The van der Waals surface area contributed by atoms with E-state index in [1.54, 1.807) is 6.20 Å². The van der Waals surface area contributed by atoms with Crippen molar-refractivity contribution in [3.05, 3.63) is 78.8 Å². The van der Waals surface area contributed by atoms with Gasteiger partial charge in [0.05, 0.1) is 5.69 Å². The number of benzene rings is 1. The van der Waals surface area contributed by atoms with Gasteiger partial charge in [0.2, 0.25) is 0 Å². The topological polar surface area (TPSA) is 33.2 Å². The molecule has 1 unspecified atom stereocenters. The Bertz CT molecular complexity index is 647. The van der Waals surface area contributed by atoms with Gasteiger partial charge in [-0.3, -0.25) is 4.98 Å². The number of pyridine rings is 1. The minimum Gasteiger partial charge on any atom is -0.334 e. The molecule has 98 valence electrons. The van der Waals surface area contributed by atoms with Gasteiger partial charge in [-0.25, -0.2) is 0 Å². The monoisotopic (exact) mass is 262 g/mol. The van der Waals surface area contributed by atoms with Gasteiger partial charge >= 0.3 is 0 Å². The van der Waals surface area contributed by atoms with Gasteiger partial charge in [0.25, 0.3) is 0 Å². The summed E-state index contributed by atoms with van der Waals surface area (Å²) in [4.78, 5) is 17.9. The maximum atomic E-state index is 11.6. The first-order valence-electron chi connectivity index (χ1n) is 6.48. The van der Waals surface area contributed by atoms with E-state index in [9.17, 15) is 4.79 Å². The Kier molecular flexibility index (Phi) is 3.42. The SMILES string of the molecule is O=CC1C(c2ccccn2)=CC=CN1c1ccccc1. The Morgan fingerprint density at radius 3 is 2.55 bits per heavy atom. The van der Waals surface area contributed by atoms with E-state index in [2.05, 4.69) is 4.98 Å². The molecule has 1 aromatic heterocycles. The highest BCUT2D eigenvalue weighted by atomic mass is 16.1. The summed E-state index contributed by atoms with van der Waals surface area (Å²) in [6.45, 7) is 0. The van der Waals surface area contributed by atoms with E-state index in [4.69, 9.17) is 0 Å². The molecule has 3 nitrogen and oxygen atoms in total. The maximum Gasteiger partial charge on any atom is 0.147 e. The van der Waals surface area contributed by atoms with Crippen molar-refractivity contribution in [3.8, 4) is 0 Å². The van der Waals surface area contributed by atoms with E-state index in [0.29, 0.717) is 0 Å². The molecule has 0 saturated carbocycles. The number of carbonyl (C=O) groups is 1. The molecule has 0 amide bonds. The molecule has 1 atom stereocenters. The lowest BCUT2D eigenvalue weighted by molar-refractivity contribution is -0.107. The van der Waals surface area contributed by atoms with Crippen LogP contribution in [0.4, 0.5) is 5.69 Å². The zero-order valence-electron chi connectivity index (χ0n) is 10.9. The quantitative estimate of drug-likeness (QED) is 0.797. The van der Waals surface area contributed by atoms with E-state index in [-0.39, 0.29) is 6.04 Å². The van der Waals surface area contributed by atoms with Crippen molar-refractivity contribution in [1.82, 2.24) is 4.98 Å². The molecule has 0 radical (unpaired) electrons. The predicted octanol–water partition coefficient (Wildman–Crippen LogP) is 3.07. The fourth-order valence-electron chi connectivity index (χ4n) is 2.34. The average molecular weight is 262 g/mol. The molecule has 0 N–H and O–H groups in total. The van der Waals surface area contributed by atoms with Crippen molar-refractivity contribution < 1.29 is 4.79 Å². The summed E-state index contributed by atoms with van der Waals surface area (Å²) in [5.74, 6) is 0. The van der Waals surface area contributed by atoms with Gasteiger partial charge in [0, 0.05) is 23.7 Å². The summed E-state index contributed by atoms with van der Waals surface area (Å²) in [6, 6.07) is 15.2. The van der Waals surface area contributed by atoms with E-state index in [0.717, 1.165) is 23.2 Å². The lowest BCUT2D eigenvalue weighted by Gasteiger charge is -2.30. The molecule has 1 aliphatic heterocycles. The van der Waals surface area contributed by atoms with Crippen LogP contribution in [0, 0.1) is 0 Å². The number of hydrogen-bond donors (Lipinski definition) is 0. The van der Waals surface area contributed by atoms with Crippen LogP contribution in [0.2, 0.25) is 0 Å². The zero-order valence-corrected chi connectivity index (χ0v) is 10.9. The molecule has 0 fully saturated rings. The number of aromatic nitrogens is 1. The van der Waals surface area contributed by atoms with Gasteiger partial charge < -0.3 is 9.69 Å². The van der Waals surface area contributed by atoms with Gasteiger partial charge in [-0.2, -0.15) is 0 Å². The summed E-state index contributed by atoms with van der Waals surface area (Å²) in [5, 5.41) is 0. The maximum absolute atomic E-state index is 11.6.